The predicted molar refractivity (Wildman–Crippen MR) is 104 cm³/mol. The molecule has 6 unspecified atom stereocenters. The van der Waals surface area contributed by atoms with Crippen LogP contribution in [0.2, 0.25) is 0 Å². The number of carbonyl (C=O) groups is 3. The Bertz CT molecular complexity index is 791. The minimum atomic E-state index is -1.41. The highest BCUT2D eigenvalue weighted by molar-refractivity contribution is 5.91. The van der Waals surface area contributed by atoms with E-state index in [1.807, 2.05) is 18.2 Å². The first-order chi connectivity index (χ1) is 14.5. The number of hydrogen-bond acceptors (Lipinski definition) is 8. The van der Waals surface area contributed by atoms with E-state index >= 15 is 0 Å². The molecule has 4 rings (SSSR count). The molecule has 1 aromatic rings. The van der Waals surface area contributed by atoms with Crippen LogP contribution >= 0.6 is 0 Å². The van der Waals surface area contributed by atoms with Gasteiger partial charge in [-0.05, 0) is 50.4 Å². The molecule has 0 aromatic carbocycles. The Labute approximate surface area is 173 Å². The van der Waals surface area contributed by atoms with Gasteiger partial charge in [0.2, 0.25) is 0 Å². The summed E-state index contributed by atoms with van der Waals surface area (Å²) in [6, 6.07) is 5.30. The second-order valence-corrected chi connectivity index (χ2v) is 7.97. The molecule has 6 atom stereocenters. The molecule has 3 saturated heterocycles. The Morgan fingerprint density at radius 1 is 1.23 bits per heavy atom. The third-order valence-electron chi connectivity index (χ3n) is 6.16. The molecule has 1 amide bonds. The van der Waals surface area contributed by atoms with E-state index in [1.54, 1.807) is 6.20 Å². The van der Waals surface area contributed by atoms with Gasteiger partial charge in [-0.25, -0.2) is 9.59 Å². The van der Waals surface area contributed by atoms with E-state index in [0.717, 1.165) is 18.7 Å². The summed E-state index contributed by atoms with van der Waals surface area (Å²) in [5, 5.41) is 18.4. The lowest BCUT2D eigenvalue weighted by Gasteiger charge is -2.36. The fourth-order valence-electron chi connectivity index (χ4n) is 4.71. The molecular weight excluding hydrogens is 392 g/mol. The molecule has 0 radical (unpaired) electrons. The summed E-state index contributed by atoms with van der Waals surface area (Å²) >= 11 is 0. The Morgan fingerprint density at radius 3 is 2.87 bits per heavy atom. The quantitative estimate of drug-likeness (QED) is 0.512. The summed E-state index contributed by atoms with van der Waals surface area (Å²) in [5.74, 6) is -0.970. The largest absolute Gasteiger partial charge is 0.506 e. The molecule has 10 heteroatoms. The zero-order valence-electron chi connectivity index (χ0n) is 16.5. The van der Waals surface area contributed by atoms with Crippen LogP contribution in [0.25, 0.3) is 0 Å². The number of ether oxygens (including phenoxy) is 2. The van der Waals surface area contributed by atoms with E-state index in [1.165, 1.54) is 0 Å². The standard InChI is InChI=1S/C20H26N4O6/c25-17(12-10-21-7-5-15(12)29-20(27)28)18-16(24-19(26)30-18)11-4-8-23-14(9-11)13-3-1-2-6-22-13/h1-3,6,11-12,14-16,18,21,23H,4-5,7-10H2,(H,24,26)(H,27,28). The van der Waals surface area contributed by atoms with Gasteiger partial charge in [0.1, 0.15) is 6.10 Å². The number of nitrogens with zero attached hydrogens (tertiary/aromatic N) is 1. The minimum Gasteiger partial charge on any atom is -0.450 e. The van der Waals surface area contributed by atoms with Crippen LogP contribution in [0.3, 0.4) is 0 Å². The number of amides is 1. The van der Waals surface area contributed by atoms with Crippen LogP contribution in [0.1, 0.15) is 31.0 Å². The zero-order chi connectivity index (χ0) is 21.1. The van der Waals surface area contributed by atoms with Gasteiger partial charge >= 0.3 is 12.2 Å². The highest BCUT2D eigenvalue weighted by Crippen LogP contribution is 2.33. The summed E-state index contributed by atoms with van der Waals surface area (Å²) in [7, 11) is 0. The monoisotopic (exact) mass is 418 g/mol. The number of aromatic nitrogens is 1. The maximum Gasteiger partial charge on any atom is 0.506 e. The summed E-state index contributed by atoms with van der Waals surface area (Å²) in [5.41, 5.74) is 0.918. The van der Waals surface area contributed by atoms with Crippen LogP contribution < -0.4 is 16.0 Å². The van der Waals surface area contributed by atoms with Crippen molar-refractivity contribution in [2.24, 2.45) is 11.8 Å². The zero-order valence-corrected chi connectivity index (χ0v) is 16.5. The molecular formula is C20H26N4O6. The number of nitrogens with one attached hydrogen (secondary N) is 3. The van der Waals surface area contributed by atoms with Crippen LogP contribution in [-0.4, -0.2) is 66.0 Å². The normalized spacial score (nSPS) is 33.9. The second kappa shape index (κ2) is 8.97. The van der Waals surface area contributed by atoms with E-state index < -0.39 is 36.4 Å². The number of Topliss-reactive ketones (excluding diaryl/α,β-unsaturated/α-hetero) is 1. The van der Waals surface area contributed by atoms with Crippen LogP contribution in [-0.2, 0) is 14.3 Å². The fraction of sp³-hybridized carbons (Fsp3) is 0.600. The average Bonchev–Trinajstić information content (AvgIpc) is 3.16. The Hall–Kier alpha value is -2.72. The lowest BCUT2D eigenvalue weighted by molar-refractivity contribution is -0.136. The van der Waals surface area contributed by atoms with Crippen molar-refractivity contribution >= 4 is 18.0 Å². The third kappa shape index (κ3) is 4.39. The highest BCUT2D eigenvalue weighted by Gasteiger charge is 2.49. The second-order valence-electron chi connectivity index (χ2n) is 7.97. The Morgan fingerprint density at radius 2 is 2.10 bits per heavy atom. The van der Waals surface area contributed by atoms with Crippen LogP contribution in [0.15, 0.2) is 24.4 Å². The van der Waals surface area contributed by atoms with Crippen LogP contribution in [0, 0.1) is 11.8 Å². The highest BCUT2D eigenvalue weighted by atomic mass is 16.7. The smallest absolute Gasteiger partial charge is 0.450 e. The number of cyclic esters (lactones) is 1. The van der Waals surface area contributed by atoms with Crippen molar-refractivity contribution in [1.82, 2.24) is 20.9 Å². The molecule has 10 nitrogen and oxygen atoms in total. The van der Waals surface area contributed by atoms with Crippen molar-refractivity contribution in [3.63, 3.8) is 0 Å². The van der Waals surface area contributed by atoms with E-state index in [2.05, 4.69) is 20.9 Å². The van der Waals surface area contributed by atoms with Crippen molar-refractivity contribution in [3.8, 4) is 0 Å². The molecule has 0 aliphatic carbocycles. The third-order valence-corrected chi connectivity index (χ3v) is 6.16. The summed E-state index contributed by atoms with van der Waals surface area (Å²) < 4.78 is 10.3. The van der Waals surface area contributed by atoms with Gasteiger partial charge < -0.3 is 30.5 Å². The number of ketones is 1. The number of carboxylic acid groups (broad SMARTS) is 1. The first-order valence-electron chi connectivity index (χ1n) is 10.3. The molecule has 3 aliphatic heterocycles. The van der Waals surface area contributed by atoms with Gasteiger partial charge in [0.15, 0.2) is 11.9 Å². The molecule has 0 bridgehead atoms. The predicted octanol–water partition coefficient (Wildman–Crippen LogP) is 0.841. The van der Waals surface area contributed by atoms with Crippen molar-refractivity contribution in [1.29, 1.82) is 0 Å². The molecule has 0 spiro atoms. The molecule has 30 heavy (non-hydrogen) atoms. The maximum atomic E-state index is 13.3. The molecule has 0 saturated carbocycles. The van der Waals surface area contributed by atoms with Crippen LogP contribution in [0.4, 0.5) is 9.59 Å². The number of pyridine rings is 1. The first-order valence-corrected chi connectivity index (χ1v) is 10.3. The van der Waals surface area contributed by atoms with Crippen molar-refractivity contribution in [3.05, 3.63) is 30.1 Å². The molecule has 1 aromatic heterocycles. The van der Waals surface area contributed by atoms with Gasteiger partial charge in [-0.15, -0.1) is 0 Å². The average molecular weight is 418 g/mol. The molecule has 3 fully saturated rings. The number of carbonyl (C=O) groups excluding carboxylic acids is 2. The van der Waals surface area contributed by atoms with E-state index in [4.69, 9.17) is 14.6 Å². The summed E-state index contributed by atoms with van der Waals surface area (Å²) in [6.07, 6.45) is -0.116. The van der Waals surface area contributed by atoms with Crippen molar-refractivity contribution < 1.29 is 29.0 Å². The maximum absolute atomic E-state index is 13.3. The van der Waals surface area contributed by atoms with Crippen molar-refractivity contribution in [2.45, 2.75) is 43.6 Å². The van der Waals surface area contributed by atoms with Gasteiger partial charge in [-0.3, -0.25) is 9.78 Å². The van der Waals surface area contributed by atoms with Gasteiger partial charge in [-0.1, -0.05) is 6.07 Å². The van der Waals surface area contributed by atoms with Gasteiger partial charge in [0.25, 0.3) is 0 Å². The topological polar surface area (TPSA) is 139 Å². The van der Waals surface area contributed by atoms with Crippen molar-refractivity contribution in [2.75, 3.05) is 19.6 Å². The van der Waals surface area contributed by atoms with Gasteiger partial charge in [0, 0.05) is 18.8 Å². The SMILES string of the molecule is O=C(O)OC1CCNCC1C(=O)C1OC(=O)NC1C1CCNC(c2ccccn2)C1. The lowest BCUT2D eigenvalue weighted by Crippen LogP contribution is -2.53. The summed E-state index contributed by atoms with van der Waals surface area (Å²) in [6.45, 7) is 1.59. The number of piperidine rings is 2. The molecule has 162 valence electrons. The van der Waals surface area contributed by atoms with E-state index in [-0.39, 0.29) is 17.7 Å². The summed E-state index contributed by atoms with van der Waals surface area (Å²) in [4.78, 5) is 40.8. The molecule has 4 N–H and O–H groups in total. The number of hydrogen-bond donors (Lipinski definition) is 4. The number of alkyl carbamates (subject to hydrolysis) is 1. The molecule has 4 heterocycles. The lowest BCUT2D eigenvalue weighted by atomic mass is 9.79. The Kier molecular flexibility index (Phi) is 6.14. The number of rotatable bonds is 5. The fourth-order valence-corrected chi connectivity index (χ4v) is 4.71. The minimum absolute atomic E-state index is 0.0223. The van der Waals surface area contributed by atoms with Gasteiger partial charge in [0.05, 0.1) is 17.7 Å². The first kappa shape index (κ1) is 20.5. The van der Waals surface area contributed by atoms with Gasteiger partial charge in [-0.2, -0.15) is 0 Å². The molecule has 3 aliphatic rings. The van der Waals surface area contributed by atoms with E-state index in [9.17, 15) is 14.4 Å². The van der Waals surface area contributed by atoms with E-state index in [0.29, 0.717) is 25.9 Å². The Balaban J connectivity index is 1.49. The van der Waals surface area contributed by atoms with Crippen LogP contribution in [0.5, 0.6) is 0 Å².